The Kier molecular flexibility index (Phi) is 4.78. The number of nitrogens with one attached hydrogen (secondary N) is 1. The van der Waals surface area contributed by atoms with Crippen LogP contribution in [0.5, 0.6) is 0 Å². The van der Waals surface area contributed by atoms with E-state index < -0.39 is 12.0 Å². The van der Waals surface area contributed by atoms with Crippen LogP contribution in [0.1, 0.15) is 49.3 Å². The van der Waals surface area contributed by atoms with E-state index in [9.17, 15) is 9.90 Å². The summed E-state index contributed by atoms with van der Waals surface area (Å²) < 4.78 is 0. The molecule has 122 valence electrons. The van der Waals surface area contributed by atoms with Crippen molar-refractivity contribution in [2.75, 3.05) is 26.7 Å². The summed E-state index contributed by atoms with van der Waals surface area (Å²) in [6, 6.07) is -0.404. The van der Waals surface area contributed by atoms with Gasteiger partial charge in [-0.3, -0.25) is 19.7 Å². The maximum absolute atomic E-state index is 11.3. The summed E-state index contributed by atoms with van der Waals surface area (Å²) in [5, 5.41) is 16.8. The molecule has 2 N–H and O–H groups in total. The molecule has 3 rings (SSSR count). The third-order valence-corrected chi connectivity index (χ3v) is 5.18. The quantitative estimate of drug-likeness (QED) is 0.885. The van der Waals surface area contributed by atoms with Gasteiger partial charge < -0.3 is 5.11 Å². The number of carbonyl (C=O) groups is 1. The molecule has 1 saturated heterocycles. The van der Waals surface area contributed by atoms with E-state index in [1.165, 1.54) is 43.4 Å². The van der Waals surface area contributed by atoms with Crippen LogP contribution in [0.4, 0.5) is 0 Å². The van der Waals surface area contributed by atoms with Crippen LogP contribution in [-0.2, 0) is 11.3 Å². The van der Waals surface area contributed by atoms with Crippen molar-refractivity contribution in [2.45, 2.75) is 50.6 Å². The van der Waals surface area contributed by atoms with Crippen molar-refractivity contribution < 1.29 is 9.90 Å². The van der Waals surface area contributed by atoms with Crippen LogP contribution in [0.15, 0.2) is 6.20 Å². The first-order valence-electron chi connectivity index (χ1n) is 8.32. The molecule has 1 saturated carbocycles. The van der Waals surface area contributed by atoms with Crippen molar-refractivity contribution in [3.8, 4) is 0 Å². The van der Waals surface area contributed by atoms with Gasteiger partial charge in [0, 0.05) is 43.4 Å². The third-order valence-electron chi connectivity index (χ3n) is 5.18. The zero-order chi connectivity index (χ0) is 15.5. The van der Waals surface area contributed by atoms with E-state index in [0.717, 1.165) is 19.6 Å². The van der Waals surface area contributed by atoms with Crippen molar-refractivity contribution in [3.05, 3.63) is 17.5 Å². The Morgan fingerprint density at radius 2 is 2.14 bits per heavy atom. The van der Waals surface area contributed by atoms with E-state index in [-0.39, 0.29) is 0 Å². The molecule has 22 heavy (non-hydrogen) atoms. The predicted octanol–water partition coefficient (Wildman–Crippen LogP) is 1.66. The molecular weight excluding hydrogens is 280 g/mol. The van der Waals surface area contributed by atoms with E-state index in [0.29, 0.717) is 12.5 Å². The molecule has 0 radical (unpaired) electrons. The summed E-state index contributed by atoms with van der Waals surface area (Å²) in [6.07, 6.45) is 8.37. The maximum atomic E-state index is 11.3. The lowest BCUT2D eigenvalue weighted by Crippen LogP contribution is -2.54. The van der Waals surface area contributed by atoms with Gasteiger partial charge >= 0.3 is 5.97 Å². The maximum Gasteiger partial charge on any atom is 0.322 e. The van der Waals surface area contributed by atoms with Crippen LogP contribution >= 0.6 is 0 Å². The summed E-state index contributed by atoms with van der Waals surface area (Å²) in [5.41, 5.74) is 2.53. The second kappa shape index (κ2) is 6.79. The van der Waals surface area contributed by atoms with Crippen molar-refractivity contribution in [3.63, 3.8) is 0 Å². The van der Waals surface area contributed by atoms with Crippen LogP contribution in [-0.4, -0.2) is 63.8 Å². The highest BCUT2D eigenvalue weighted by atomic mass is 16.4. The number of aromatic nitrogens is 2. The fourth-order valence-corrected chi connectivity index (χ4v) is 3.77. The van der Waals surface area contributed by atoms with E-state index in [1.807, 2.05) is 18.1 Å². The molecule has 1 aromatic rings. The molecule has 0 bridgehead atoms. The molecule has 1 aromatic heterocycles. The average Bonchev–Trinajstić information content (AvgIpc) is 2.98. The number of carboxylic acid groups (broad SMARTS) is 1. The molecule has 0 amide bonds. The Labute approximate surface area is 131 Å². The lowest BCUT2D eigenvalue weighted by Gasteiger charge is -2.37. The largest absolute Gasteiger partial charge is 0.480 e. The van der Waals surface area contributed by atoms with Gasteiger partial charge in [-0.25, -0.2) is 0 Å². The Morgan fingerprint density at radius 1 is 1.36 bits per heavy atom. The molecule has 0 aromatic carbocycles. The number of hydrogen-bond donors (Lipinski definition) is 2. The molecule has 6 heteroatoms. The van der Waals surface area contributed by atoms with E-state index in [4.69, 9.17) is 0 Å². The Balaban J connectivity index is 1.66. The molecule has 2 heterocycles. The molecule has 2 fully saturated rings. The number of nitrogens with zero attached hydrogens (tertiary/aromatic N) is 3. The van der Waals surface area contributed by atoms with Crippen LogP contribution in [0.25, 0.3) is 0 Å². The number of rotatable bonds is 4. The van der Waals surface area contributed by atoms with Gasteiger partial charge in [0.25, 0.3) is 0 Å². The molecule has 1 aliphatic carbocycles. The number of aromatic amines is 1. The Hall–Kier alpha value is -1.40. The van der Waals surface area contributed by atoms with Crippen LogP contribution in [0.3, 0.4) is 0 Å². The number of piperazine rings is 1. The lowest BCUT2D eigenvalue weighted by atomic mass is 9.85. The molecule has 0 spiro atoms. The minimum Gasteiger partial charge on any atom is -0.480 e. The van der Waals surface area contributed by atoms with Gasteiger partial charge in [-0.2, -0.15) is 5.10 Å². The standard InChI is InChI=1S/C16H26N4O2/c1-19-7-8-20(11-14(19)16(21)22)10-13-9-17-18-15(13)12-5-3-2-4-6-12/h9,12,14H,2-8,10-11H2,1H3,(H,17,18)(H,21,22). The smallest absolute Gasteiger partial charge is 0.322 e. The van der Waals surface area contributed by atoms with Crippen molar-refractivity contribution in [2.24, 2.45) is 0 Å². The lowest BCUT2D eigenvalue weighted by molar-refractivity contribution is -0.145. The van der Waals surface area contributed by atoms with Gasteiger partial charge in [-0.1, -0.05) is 19.3 Å². The first-order valence-corrected chi connectivity index (χ1v) is 8.32. The SMILES string of the molecule is CN1CCN(Cc2cn[nH]c2C2CCCCC2)CC1C(=O)O. The minimum atomic E-state index is -0.730. The predicted molar refractivity (Wildman–Crippen MR) is 83.7 cm³/mol. The minimum absolute atomic E-state index is 0.404. The van der Waals surface area contributed by atoms with Crippen LogP contribution < -0.4 is 0 Å². The molecule has 1 atom stereocenters. The molecule has 1 unspecified atom stereocenters. The summed E-state index contributed by atoms with van der Waals surface area (Å²) >= 11 is 0. The van der Waals surface area contributed by atoms with E-state index in [2.05, 4.69) is 15.1 Å². The fraction of sp³-hybridized carbons (Fsp3) is 0.750. The van der Waals surface area contributed by atoms with Crippen LogP contribution in [0.2, 0.25) is 0 Å². The van der Waals surface area contributed by atoms with Gasteiger partial charge in [0.05, 0.1) is 6.20 Å². The Morgan fingerprint density at radius 3 is 2.86 bits per heavy atom. The van der Waals surface area contributed by atoms with E-state index in [1.54, 1.807) is 0 Å². The van der Waals surface area contributed by atoms with Gasteiger partial charge in [0.1, 0.15) is 6.04 Å². The molecule has 1 aliphatic heterocycles. The van der Waals surface area contributed by atoms with E-state index >= 15 is 0 Å². The summed E-state index contributed by atoms with van der Waals surface area (Å²) in [5.74, 6) is -0.124. The normalized spacial score (nSPS) is 25.4. The van der Waals surface area contributed by atoms with Gasteiger partial charge in [0.2, 0.25) is 0 Å². The third kappa shape index (κ3) is 3.33. The Bertz CT molecular complexity index is 510. The van der Waals surface area contributed by atoms with Gasteiger partial charge in [-0.05, 0) is 19.9 Å². The highest BCUT2D eigenvalue weighted by molar-refractivity contribution is 5.73. The average molecular weight is 306 g/mol. The molecular formula is C16H26N4O2. The first kappa shape index (κ1) is 15.5. The van der Waals surface area contributed by atoms with Gasteiger partial charge in [-0.15, -0.1) is 0 Å². The molecule has 2 aliphatic rings. The first-order chi connectivity index (χ1) is 10.6. The zero-order valence-electron chi connectivity index (χ0n) is 13.3. The number of likely N-dealkylation sites (N-methyl/N-ethyl adjacent to an activating group) is 1. The summed E-state index contributed by atoms with van der Waals surface area (Å²) in [4.78, 5) is 15.5. The highest BCUT2D eigenvalue weighted by Crippen LogP contribution is 2.33. The molecule has 6 nitrogen and oxygen atoms in total. The fourth-order valence-electron chi connectivity index (χ4n) is 3.77. The number of hydrogen-bond acceptors (Lipinski definition) is 4. The van der Waals surface area contributed by atoms with Crippen molar-refractivity contribution >= 4 is 5.97 Å². The summed E-state index contributed by atoms with van der Waals surface area (Å²) in [7, 11) is 1.89. The number of aliphatic carboxylic acids is 1. The second-order valence-electron chi connectivity index (χ2n) is 6.71. The zero-order valence-corrected chi connectivity index (χ0v) is 13.3. The highest BCUT2D eigenvalue weighted by Gasteiger charge is 2.30. The monoisotopic (exact) mass is 306 g/mol. The summed E-state index contributed by atoms with van der Waals surface area (Å²) in [6.45, 7) is 3.10. The number of H-pyrrole nitrogens is 1. The topological polar surface area (TPSA) is 72.5 Å². The second-order valence-corrected chi connectivity index (χ2v) is 6.71. The van der Waals surface area contributed by atoms with Crippen LogP contribution in [0, 0.1) is 0 Å². The number of carboxylic acids is 1. The van der Waals surface area contributed by atoms with Gasteiger partial charge in [0.15, 0.2) is 0 Å². The van der Waals surface area contributed by atoms with Crippen molar-refractivity contribution in [1.29, 1.82) is 0 Å². The van der Waals surface area contributed by atoms with Crippen molar-refractivity contribution in [1.82, 2.24) is 20.0 Å².